The van der Waals surface area contributed by atoms with Crippen molar-refractivity contribution in [2.45, 2.75) is 25.2 Å². The predicted molar refractivity (Wildman–Crippen MR) is 149 cm³/mol. The van der Waals surface area contributed by atoms with Gasteiger partial charge in [-0.05, 0) is 35.4 Å². The fourth-order valence-corrected chi connectivity index (χ4v) is 4.15. The van der Waals surface area contributed by atoms with Crippen LogP contribution in [0, 0.1) is 5.92 Å². The van der Waals surface area contributed by atoms with Crippen LogP contribution in [0.25, 0.3) is 5.69 Å². The van der Waals surface area contributed by atoms with Gasteiger partial charge in [0.15, 0.2) is 5.75 Å². The van der Waals surface area contributed by atoms with Gasteiger partial charge in [0.25, 0.3) is 0 Å². The Morgan fingerprint density at radius 1 is 1.00 bits per heavy atom. The molecule has 1 aromatic heterocycles. The van der Waals surface area contributed by atoms with E-state index in [1.807, 2.05) is 60.7 Å². The number of aliphatic hydroxyl groups excluding tert-OH is 1. The Hall–Kier alpha value is -4.89. The van der Waals surface area contributed by atoms with E-state index in [2.05, 4.69) is 17.0 Å². The standard InChI is InChI=1S/C31H31N3O6/c1-3-25(30(36)32-26(31(37)38)18-21-10-6-4-7-11-21)29(35)28-27(19-34(33-28)23-12-8-5-9-13-23)40-20-22-14-16-24(39-2)17-15-22/h3-17,19,25-26,29,35H,1,18,20H2,2H3,(H,32,36)(H,37,38)/t25-,26-,29-/m0/s1. The van der Waals surface area contributed by atoms with Crippen molar-refractivity contribution in [2.75, 3.05) is 7.11 Å². The lowest BCUT2D eigenvalue weighted by molar-refractivity contribution is -0.142. The Morgan fingerprint density at radius 2 is 1.65 bits per heavy atom. The average Bonchev–Trinajstić information content (AvgIpc) is 3.41. The number of amides is 1. The van der Waals surface area contributed by atoms with Crippen LogP contribution in [0.3, 0.4) is 0 Å². The number of nitrogens with one attached hydrogen (secondary N) is 1. The van der Waals surface area contributed by atoms with Crippen LogP contribution in [0.5, 0.6) is 11.5 Å². The second kappa shape index (κ2) is 13.3. The molecule has 0 fully saturated rings. The number of carboxylic acids is 1. The minimum absolute atomic E-state index is 0.0841. The molecule has 4 aromatic rings. The molecule has 3 atom stereocenters. The molecular formula is C31H31N3O6. The maximum Gasteiger partial charge on any atom is 0.326 e. The molecule has 0 bridgehead atoms. The van der Waals surface area contributed by atoms with Gasteiger partial charge in [-0.15, -0.1) is 6.58 Å². The molecule has 0 saturated heterocycles. The highest BCUT2D eigenvalue weighted by atomic mass is 16.5. The van der Waals surface area contributed by atoms with Crippen molar-refractivity contribution in [2.24, 2.45) is 5.92 Å². The molecule has 0 saturated carbocycles. The molecule has 0 radical (unpaired) electrons. The van der Waals surface area contributed by atoms with E-state index in [0.29, 0.717) is 5.75 Å². The molecule has 9 heteroatoms. The van der Waals surface area contributed by atoms with Gasteiger partial charge >= 0.3 is 5.97 Å². The molecule has 40 heavy (non-hydrogen) atoms. The van der Waals surface area contributed by atoms with Crippen LogP contribution in [0.1, 0.15) is 22.9 Å². The van der Waals surface area contributed by atoms with Crippen LogP contribution in [0.2, 0.25) is 0 Å². The number of aliphatic hydroxyl groups is 1. The maximum atomic E-state index is 13.2. The first-order chi connectivity index (χ1) is 19.4. The lowest BCUT2D eigenvalue weighted by atomic mass is 9.97. The number of carbonyl (C=O) groups is 2. The molecule has 3 N–H and O–H groups in total. The average molecular weight is 542 g/mol. The summed E-state index contributed by atoms with van der Waals surface area (Å²) in [4.78, 5) is 25.1. The first kappa shape index (κ1) is 28.1. The third kappa shape index (κ3) is 6.95. The highest BCUT2D eigenvalue weighted by Crippen LogP contribution is 2.32. The van der Waals surface area contributed by atoms with Gasteiger partial charge < -0.3 is 25.0 Å². The van der Waals surface area contributed by atoms with E-state index in [0.717, 1.165) is 16.8 Å². The van der Waals surface area contributed by atoms with Crippen LogP contribution in [-0.2, 0) is 22.6 Å². The van der Waals surface area contributed by atoms with Gasteiger partial charge in [0, 0.05) is 6.42 Å². The number of hydrogen-bond donors (Lipinski definition) is 3. The van der Waals surface area contributed by atoms with Crippen molar-refractivity contribution in [3.63, 3.8) is 0 Å². The number of nitrogens with zero attached hydrogens (tertiary/aromatic N) is 2. The maximum absolute atomic E-state index is 13.2. The molecule has 206 valence electrons. The molecule has 0 spiro atoms. The van der Waals surface area contributed by atoms with Gasteiger partial charge in [0.2, 0.25) is 5.91 Å². The zero-order valence-electron chi connectivity index (χ0n) is 22.0. The third-order valence-electron chi connectivity index (χ3n) is 6.36. The normalized spacial score (nSPS) is 13.1. The molecule has 0 aliphatic rings. The zero-order valence-corrected chi connectivity index (χ0v) is 22.0. The number of carbonyl (C=O) groups excluding carboxylic acids is 1. The number of hydrogen-bond acceptors (Lipinski definition) is 6. The molecule has 0 unspecified atom stereocenters. The van der Waals surface area contributed by atoms with E-state index in [1.54, 1.807) is 42.3 Å². The van der Waals surface area contributed by atoms with Crippen LogP contribution in [0.4, 0.5) is 0 Å². The zero-order chi connectivity index (χ0) is 28.5. The number of ether oxygens (including phenoxy) is 2. The second-order valence-electron chi connectivity index (χ2n) is 9.09. The summed E-state index contributed by atoms with van der Waals surface area (Å²) in [5.74, 6) is -2.10. The summed E-state index contributed by atoms with van der Waals surface area (Å²) in [6, 6.07) is 24.4. The third-order valence-corrected chi connectivity index (χ3v) is 6.36. The first-order valence-corrected chi connectivity index (χ1v) is 12.7. The van der Waals surface area contributed by atoms with E-state index in [1.165, 1.54) is 6.08 Å². The molecule has 1 heterocycles. The molecular weight excluding hydrogens is 510 g/mol. The molecule has 1 amide bonds. The topological polar surface area (TPSA) is 123 Å². The largest absolute Gasteiger partial charge is 0.497 e. The summed E-state index contributed by atoms with van der Waals surface area (Å²) in [7, 11) is 1.59. The van der Waals surface area contributed by atoms with Gasteiger partial charge in [0.05, 0.1) is 24.9 Å². The summed E-state index contributed by atoms with van der Waals surface area (Å²) in [5, 5.41) is 28.1. The SMILES string of the molecule is C=C[C@H](C(=O)N[C@@H](Cc1ccccc1)C(=O)O)[C@H](O)c1nn(-c2ccccc2)cc1OCc1ccc(OC)cc1. The number of rotatable bonds is 13. The Kier molecular flexibility index (Phi) is 9.32. The number of para-hydroxylation sites is 1. The van der Waals surface area contributed by atoms with E-state index in [-0.39, 0.29) is 24.5 Å². The monoisotopic (exact) mass is 541 g/mol. The number of aromatic nitrogens is 2. The predicted octanol–water partition coefficient (Wildman–Crippen LogP) is 4.11. The Morgan fingerprint density at radius 3 is 2.25 bits per heavy atom. The fraction of sp³-hybridized carbons (Fsp3) is 0.194. The van der Waals surface area contributed by atoms with Crippen molar-refractivity contribution in [3.8, 4) is 17.2 Å². The van der Waals surface area contributed by atoms with Crippen molar-refractivity contribution in [3.05, 3.63) is 121 Å². The van der Waals surface area contributed by atoms with Gasteiger partial charge in [-0.25, -0.2) is 9.48 Å². The van der Waals surface area contributed by atoms with Crippen LogP contribution < -0.4 is 14.8 Å². The summed E-state index contributed by atoms with van der Waals surface area (Å²) in [5.41, 5.74) is 2.45. The highest BCUT2D eigenvalue weighted by molar-refractivity contribution is 5.86. The minimum Gasteiger partial charge on any atom is -0.497 e. The Bertz CT molecular complexity index is 1420. The molecule has 9 nitrogen and oxygen atoms in total. The van der Waals surface area contributed by atoms with Crippen LogP contribution in [-0.4, -0.2) is 45.0 Å². The molecule has 0 aliphatic carbocycles. The quantitative estimate of drug-likeness (QED) is 0.218. The van der Waals surface area contributed by atoms with Crippen LogP contribution >= 0.6 is 0 Å². The molecule has 3 aromatic carbocycles. The summed E-state index contributed by atoms with van der Waals surface area (Å²) in [6.45, 7) is 3.89. The number of methoxy groups -OCH3 is 1. The van der Waals surface area contributed by atoms with Crippen molar-refractivity contribution < 1.29 is 29.3 Å². The lowest BCUT2D eigenvalue weighted by Gasteiger charge is -2.22. The molecule has 0 aliphatic heterocycles. The second-order valence-corrected chi connectivity index (χ2v) is 9.09. The summed E-state index contributed by atoms with van der Waals surface area (Å²) in [6.07, 6.45) is 1.53. The number of benzene rings is 3. The van der Waals surface area contributed by atoms with Crippen molar-refractivity contribution in [1.29, 1.82) is 0 Å². The van der Waals surface area contributed by atoms with E-state index in [9.17, 15) is 19.8 Å². The first-order valence-electron chi connectivity index (χ1n) is 12.7. The lowest BCUT2D eigenvalue weighted by Crippen LogP contribution is -2.45. The fourth-order valence-electron chi connectivity index (χ4n) is 4.15. The molecule has 4 rings (SSSR count). The Labute approximate surface area is 232 Å². The highest BCUT2D eigenvalue weighted by Gasteiger charge is 2.33. The van der Waals surface area contributed by atoms with E-state index in [4.69, 9.17) is 9.47 Å². The number of aliphatic carboxylic acids is 1. The van der Waals surface area contributed by atoms with Gasteiger partial charge in [0.1, 0.15) is 30.2 Å². The Balaban J connectivity index is 1.57. The van der Waals surface area contributed by atoms with Gasteiger partial charge in [-0.2, -0.15) is 5.10 Å². The van der Waals surface area contributed by atoms with Gasteiger partial charge in [-0.3, -0.25) is 4.79 Å². The smallest absolute Gasteiger partial charge is 0.326 e. The van der Waals surface area contributed by atoms with Crippen molar-refractivity contribution >= 4 is 11.9 Å². The van der Waals surface area contributed by atoms with Gasteiger partial charge in [-0.1, -0.05) is 66.7 Å². The minimum atomic E-state index is -1.46. The van der Waals surface area contributed by atoms with E-state index < -0.39 is 29.9 Å². The van der Waals surface area contributed by atoms with Crippen molar-refractivity contribution in [1.82, 2.24) is 15.1 Å². The number of carboxylic acid groups (broad SMARTS) is 1. The van der Waals surface area contributed by atoms with Crippen LogP contribution in [0.15, 0.2) is 104 Å². The summed E-state index contributed by atoms with van der Waals surface area (Å²) >= 11 is 0. The summed E-state index contributed by atoms with van der Waals surface area (Å²) < 4.78 is 12.8. The van der Waals surface area contributed by atoms with E-state index >= 15 is 0 Å².